The molecule has 2 nitrogen and oxygen atoms in total. The second-order valence-corrected chi connectivity index (χ2v) is 3.96. The third kappa shape index (κ3) is 1.62. The number of hydrogen-bond acceptors (Lipinski definition) is 1. The number of aromatic nitrogens is 2. The van der Waals surface area contributed by atoms with Gasteiger partial charge in [-0.3, -0.25) is 0 Å². The lowest BCUT2D eigenvalue weighted by Gasteiger charge is -2.02. The van der Waals surface area contributed by atoms with Crippen molar-refractivity contribution in [1.29, 1.82) is 0 Å². The quantitative estimate of drug-likeness (QED) is 0.728. The Morgan fingerprint density at radius 2 is 2.29 bits per heavy atom. The first-order valence-corrected chi connectivity index (χ1v) is 4.78. The van der Waals surface area contributed by atoms with Crippen LogP contribution in [-0.2, 0) is 6.42 Å². The molecule has 2 aromatic heterocycles. The van der Waals surface area contributed by atoms with Gasteiger partial charge >= 0.3 is 0 Å². The molecular formula is C11H13FN2. The average molecular weight is 192 g/mol. The number of rotatable bonds is 2. The lowest BCUT2D eigenvalue weighted by molar-refractivity contribution is 0.586. The van der Waals surface area contributed by atoms with Crippen molar-refractivity contribution in [2.75, 3.05) is 0 Å². The Morgan fingerprint density at radius 1 is 1.50 bits per heavy atom. The van der Waals surface area contributed by atoms with E-state index in [2.05, 4.69) is 23.8 Å². The van der Waals surface area contributed by atoms with Gasteiger partial charge in [0, 0.05) is 17.6 Å². The molecule has 0 aliphatic heterocycles. The second-order valence-electron chi connectivity index (χ2n) is 3.96. The predicted octanol–water partition coefficient (Wildman–Crippen LogP) is 2.90. The number of H-pyrrole nitrogens is 1. The van der Waals surface area contributed by atoms with Gasteiger partial charge in [0.05, 0.1) is 11.7 Å². The second kappa shape index (κ2) is 3.40. The van der Waals surface area contributed by atoms with Crippen LogP contribution >= 0.6 is 0 Å². The van der Waals surface area contributed by atoms with Gasteiger partial charge in [-0.15, -0.1) is 0 Å². The van der Waals surface area contributed by atoms with Crippen molar-refractivity contribution in [3.63, 3.8) is 0 Å². The number of hydrogen-bond donors (Lipinski definition) is 1. The van der Waals surface area contributed by atoms with Crippen molar-refractivity contribution in [2.45, 2.75) is 20.3 Å². The van der Waals surface area contributed by atoms with E-state index in [1.54, 1.807) is 0 Å². The van der Waals surface area contributed by atoms with Crippen molar-refractivity contribution < 1.29 is 4.39 Å². The minimum atomic E-state index is -0.415. The summed E-state index contributed by atoms with van der Waals surface area (Å²) in [5.41, 5.74) is 2.07. The normalized spacial score (nSPS) is 11.4. The molecule has 0 aromatic carbocycles. The Hall–Kier alpha value is -1.38. The van der Waals surface area contributed by atoms with Crippen LogP contribution < -0.4 is 0 Å². The molecule has 0 saturated heterocycles. The molecule has 14 heavy (non-hydrogen) atoms. The lowest BCUT2D eigenvalue weighted by atomic mass is 10.0. The fourth-order valence-electron chi connectivity index (χ4n) is 1.66. The molecule has 0 spiro atoms. The number of nitrogens with zero attached hydrogens (tertiary/aromatic N) is 1. The van der Waals surface area contributed by atoms with Crippen LogP contribution in [0.4, 0.5) is 4.39 Å². The molecule has 0 aliphatic carbocycles. The highest BCUT2D eigenvalue weighted by Crippen LogP contribution is 2.20. The van der Waals surface area contributed by atoms with Gasteiger partial charge in [-0.05, 0) is 17.9 Å². The summed E-state index contributed by atoms with van der Waals surface area (Å²) in [7, 11) is 0. The average Bonchev–Trinajstić information content (AvgIpc) is 2.47. The van der Waals surface area contributed by atoms with Gasteiger partial charge in [0.2, 0.25) is 5.95 Å². The van der Waals surface area contributed by atoms with Crippen LogP contribution in [0.3, 0.4) is 0 Å². The highest BCUT2D eigenvalue weighted by molar-refractivity contribution is 5.82. The minimum absolute atomic E-state index is 0.415. The monoisotopic (exact) mass is 192 g/mol. The van der Waals surface area contributed by atoms with E-state index in [-0.39, 0.29) is 0 Å². The standard InChI is InChI=1S/C11H13FN2/c1-7(2)3-8-5-13-10-6-14-11(12)4-9(8)10/h4-7,13H,3H2,1-2H3. The van der Waals surface area contributed by atoms with Crippen molar-refractivity contribution in [2.24, 2.45) is 5.92 Å². The van der Waals surface area contributed by atoms with Gasteiger partial charge in [0.15, 0.2) is 0 Å². The van der Waals surface area contributed by atoms with E-state index in [0.717, 1.165) is 22.9 Å². The maximum Gasteiger partial charge on any atom is 0.213 e. The summed E-state index contributed by atoms with van der Waals surface area (Å²) in [4.78, 5) is 6.69. The summed E-state index contributed by atoms with van der Waals surface area (Å²) in [6, 6.07) is 1.49. The molecule has 0 saturated carbocycles. The van der Waals surface area contributed by atoms with E-state index in [0.29, 0.717) is 5.92 Å². The van der Waals surface area contributed by atoms with Crippen molar-refractivity contribution in [3.05, 3.63) is 30.0 Å². The fourth-order valence-corrected chi connectivity index (χ4v) is 1.66. The summed E-state index contributed by atoms with van der Waals surface area (Å²) in [5, 5.41) is 0.950. The molecule has 2 aromatic rings. The molecule has 0 amide bonds. The summed E-state index contributed by atoms with van der Waals surface area (Å²) >= 11 is 0. The number of pyridine rings is 1. The molecule has 0 fully saturated rings. The summed E-state index contributed by atoms with van der Waals surface area (Å²) in [5.74, 6) is 0.160. The maximum absolute atomic E-state index is 12.9. The van der Waals surface area contributed by atoms with Crippen molar-refractivity contribution >= 4 is 10.9 Å². The van der Waals surface area contributed by atoms with Crippen LogP contribution in [0.2, 0.25) is 0 Å². The highest BCUT2D eigenvalue weighted by atomic mass is 19.1. The molecule has 1 N–H and O–H groups in total. The Labute approximate surface area is 82.2 Å². The summed E-state index contributed by atoms with van der Waals surface area (Å²) in [6.07, 6.45) is 4.43. The van der Waals surface area contributed by atoms with Crippen molar-refractivity contribution in [3.8, 4) is 0 Å². The number of fused-ring (bicyclic) bond motifs is 1. The van der Waals surface area contributed by atoms with Crippen LogP contribution in [0.1, 0.15) is 19.4 Å². The zero-order valence-electron chi connectivity index (χ0n) is 8.34. The first-order chi connectivity index (χ1) is 6.66. The summed E-state index contributed by atoms with van der Waals surface area (Å²) in [6.45, 7) is 4.30. The van der Waals surface area contributed by atoms with E-state index in [4.69, 9.17) is 0 Å². The topological polar surface area (TPSA) is 28.7 Å². The van der Waals surface area contributed by atoms with Crippen LogP contribution in [0, 0.1) is 11.9 Å². The zero-order valence-corrected chi connectivity index (χ0v) is 8.34. The Balaban J connectivity index is 2.50. The Kier molecular flexibility index (Phi) is 2.23. The van der Waals surface area contributed by atoms with E-state index in [1.165, 1.54) is 12.3 Å². The molecule has 2 heterocycles. The van der Waals surface area contributed by atoms with Gasteiger partial charge in [-0.2, -0.15) is 4.39 Å². The Bertz CT molecular complexity index is 445. The third-order valence-corrected chi connectivity index (χ3v) is 2.25. The van der Waals surface area contributed by atoms with E-state index in [9.17, 15) is 4.39 Å². The maximum atomic E-state index is 12.9. The predicted molar refractivity (Wildman–Crippen MR) is 54.6 cm³/mol. The first-order valence-electron chi connectivity index (χ1n) is 4.78. The largest absolute Gasteiger partial charge is 0.360 e. The van der Waals surface area contributed by atoms with E-state index >= 15 is 0 Å². The van der Waals surface area contributed by atoms with Gasteiger partial charge in [0.25, 0.3) is 0 Å². The number of aromatic amines is 1. The van der Waals surface area contributed by atoms with Crippen LogP contribution in [0.5, 0.6) is 0 Å². The van der Waals surface area contributed by atoms with Gasteiger partial charge < -0.3 is 4.98 Å². The molecule has 0 unspecified atom stereocenters. The van der Waals surface area contributed by atoms with Crippen LogP contribution in [0.25, 0.3) is 10.9 Å². The summed E-state index contributed by atoms with van der Waals surface area (Å²) < 4.78 is 12.9. The van der Waals surface area contributed by atoms with Gasteiger partial charge in [-0.1, -0.05) is 13.8 Å². The first kappa shape index (κ1) is 9.19. The zero-order chi connectivity index (χ0) is 10.1. The molecule has 3 heteroatoms. The highest BCUT2D eigenvalue weighted by Gasteiger charge is 2.06. The smallest absolute Gasteiger partial charge is 0.213 e. The third-order valence-electron chi connectivity index (χ3n) is 2.25. The van der Waals surface area contributed by atoms with Crippen LogP contribution in [0.15, 0.2) is 18.5 Å². The number of halogens is 1. The SMILES string of the molecule is CC(C)Cc1c[nH]c2cnc(F)cc12. The molecule has 0 radical (unpaired) electrons. The van der Waals surface area contributed by atoms with Crippen LogP contribution in [-0.4, -0.2) is 9.97 Å². The number of nitrogens with one attached hydrogen (secondary N) is 1. The van der Waals surface area contributed by atoms with Crippen molar-refractivity contribution in [1.82, 2.24) is 9.97 Å². The molecule has 2 rings (SSSR count). The van der Waals surface area contributed by atoms with E-state index < -0.39 is 5.95 Å². The van der Waals surface area contributed by atoms with Gasteiger partial charge in [0.1, 0.15) is 0 Å². The fraction of sp³-hybridized carbons (Fsp3) is 0.364. The molecule has 0 bridgehead atoms. The van der Waals surface area contributed by atoms with Gasteiger partial charge in [-0.25, -0.2) is 4.98 Å². The van der Waals surface area contributed by atoms with E-state index in [1.807, 2.05) is 6.20 Å². The lowest BCUT2D eigenvalue weighted by Crippen LogP contribution is -1.92. The molecule has 0 atom stereocenters. The molecular weight excluding hydrogens is 179 g/mol. The minimum Gasteiger partial charge on any atom is -0.360 e. The molecule has 0 aliphatic rings. The Morgan fingerprint density at radius 3 is 3.00 bits per heavy atom. The molecule has 74 valence electrons.